The molecule has 142 valence electrons. The molecule has 0 aliphatic carbocycles. The molecule has 1 aromatic heterocycles. The zero-order valence-electron chi connectivity index (χ0n) is 15.1. The third-order valence-electron chi connectivity index (χ3n) is 4.59. The van der Waals surface area contributed by atoms with Gasteiger partial charge in [0.05, 0.1) is 11.3 Å². The number of piperidine rings is 1. The fourth-order valence-corrected chi connectivity index (χ4v) is 3.21. The van der Waals surface area contributed by atoms with Gasteiger partial charge in [-0.1, -0.05) is 30.3 Å². The molecule has 1 atom stereocenters. The smallest absolute Gasteiger partial charge is 0.348 e. The molecule has 27 heavy (non-hydrogen) atoms. The summed E-state index contributed by atoms with van der Waals surface area (Å²) in [5, 5.41) is 11.7. The molecule has 3 rings (SSSR count). The zero-order chi connectivity index (χ0) is 19.2. The number of benzene rings is 1. The van der Waals surface area contributed by atoms with Crippen molar-refractivity contribution < 1.29 is 9.72 Å². The van der Waals surface area contributed by atoms with E-state index in [2.05, 4.69) is 20.8 Å². The van der Waals surface area contributed by atoms with Crippen molar-refractivity contribution in [3.05, 3.63) is 52.3 Å². The van der Waals surface area contributed by atoms with Crippen LogP contribution in [0.4, 0.5) is 17.3 Å². The number of rotatable bonds is 6. The highest BCUT2D eigenvalue weighted by Gasteiger charge is 2.30. The van der Waals surface area contributed by atoms with Crippen molar-refractivity contribution in [1.29, 1.82) is 0 Å². The first-order chi connectivity index (χ1) is 13.1. The van der Waals surface area contributed by atoms with Crippen LogP contribution in [0.15, 0.2) is 36.7 Å². The lowest BCUT2D eigenvalue weighted by Gasteiger charge is -2.33. The molecular formula is C18H22N6O3. The van der Waals surface area contributed by atoms with Crippen LogP contribution in [-0.4, -0.2) is 33.4 Å². The van der Waals surface area contributed by atoms with Crippen molar-refractivity contribution in [2.45, 2.75) is 38.6 Å². The summed E-state index contributed by atoms with van der Waals surface area (Å²) in [4.78, 5) is 33.3. The summed E-state index contributed by atoms with van der Waals surface area (Å²) in [7, 11) is 0. The molecule has 1 unspecified atom stereocenters. The van der Waals surface area contributed by atoms with E-state index in [0.717, 1.165) is 24.8 Å². The molecule has 0 bridgehead atoms. The number of carbonyl (C=O) groups is 1. The molecule has 0 radical (unpaired) electrons. The van der Waals surface area contributed by atoms with E-state index in [0.29, 0.717) is 6.54 Å². The van der Waals surface area contributed by atoms with E-state index in [1.807, 2.05) is 42.2 Å². The lowest BCUT2D eigenvalue weighted by atomic mass is 10.0. The second-order valence-electron chi connectivity index (χ2n) is 6.53. The van der Waals surface area contributed by atoms with E-state index in [1.54, 1.807) is 0 Å². The lowest BCUT2D eigenvalue weighted by Crippen LogP contribution is -2.39. The molecule has 2 heterocycles. The van der Waals surface area contributed by atoms with Crippen LogP contribution in [0.3, 0.4) is 0 Å². The van der Waals surface area contributed by atoms with Crippen molar-refractivity contribution in [2.24, 2.45) is 0 Å². The maximum Gasteiger partial charge on any atom is 0.355 e. The van der Waals surface area contributed by atoms with Crippen LogP contribution in [-0.2, 0) is 11.2 Å². The van der Waals surface area contributed by atoms with Gasteiger partial charge in [-0.15, -0.1) is 0 Å². The number of hydrazine groups is 1. The summed E-state index contributed by atoms with van der Waals surface area (Å²) in [5.41, 5.74) is 5.69. The van der Waals surface area contributed by atoms with Gasteiger partial charge in [-0.2, -0.15) is 0 Å². The molecule has 0 saturated carbocycles. The molecule has 9 heteroatoms. The summed E-state index contributed by atoms with van der Waals surface area (Å²) in [5.74, 6) is -0.0619. The first kappa shape index (κ1) is 18.6. The fourth-order valence-electron chi connectivity index (χ4n) is 3.21. The first-order valence-corrected chi connectivity index (χ1v) is 8.91. The molecule has 1 fully saturated rings. The van der Waals surface area contributed by atoms with Gasteiger partial charge in [0.1, 0.15) is 6.33 Å². The topological polar surface area (TPSA) is 113 Å². The zero-order valence-corrected chi connectivity index (χ0v) is 15.1. The highest BCUT2D eigenvalue weighted by molar-refractivity contribution is 5.81. The number of nitro groups is 1. The highest BCUT2D eigenvalue weighted by atomic mass is 16.6. The second kappa shape index (κ2) is 8.43. The van der Waals surface area contributed by atoms with E-state index in [4.69, 9.17) is 0 Å². The minimum absolute atomic E-state index is 0.0239. The Morgan fingerprint density at radius 2 is 2.07 bits per heavy atom. The van der Waals surface area contributed by atoms with Crippen LogP contribution in [0.5, 0.6) is 0 Å². The summed E-state index contributed by atoms with van der Waals surface area (Å²) >= 11 is 0. The van der Waals surface area contributed by atoms with Gasteiger partial charge in [0, 0.05) is 12.6 Å². The second-order valence-corrected chi connectivity index (χ2v) is 6.53. The van der Waals surface area contributed by atoms with Gasteiger partial charge in [0.2, 0.25) is 17.5 Å². The van der Waals surface area contributed by atoms with E-state index in [1.165, 1.54) is 6.33 Å². The SMILES string of the molecule is CC1CCCCN1c1ncnc(NNC(=O)Cc2ccccc2)c1[N+](=O)[O-]. The van der Waals surface area contributed by atoms with E-state index < -0.39 is 4.92 Å². The van der Waals surface area contributed by atoms with Gasteiger partial charge in [-0.25, -0.2) is 9.97 Å². The number of anilines is 2. The largest absolute Gasteiger partial charge is 0.355 e. The summed E-state index contributed by atoms with van der Waals surface area (Å²) in [6.07, 6.45) is 4.44. The fraction of sp³-hybridized carbons (Fsp3) is 0.389. The maximum absolute atomic E-state index is 12.1. The molecule has 1 aliphatic rings. The van der Waals surface area contributed by atoms with Crippen LogP contribution < -0.4 is 15.8 Å². The Labute approximate surface area is 156 Å². The Kier molecular flexibility index (Phi) is 5.80. The first-order valence-electron chi connectivity index (χ1n) is 8.91. The number of nitrogens with one attached hydrogen (secondary N) is 2. The van der Waals surface area contributed by atoms with E-state index in [9.17, 15) is 14.9 Å². The monoisotopic (exact) mass is 370 g/mol. The van der Waals surface area contributed by atoms with Crippen LogP contribution in [0, 0.1) is 10.1 Å². The number of hydrogen-bond donors (Lipinski definition) is 2. The minimum atomic E-state index is -0.512. The lowest BCUT2D eigenvalue weighted by molar-refractivity contribution is -0.383. The standard InChI is InChI=1S/C18H22N6O3/c1-13-7-5-6-10-23(13)18-16(24(26)27)17(19-12-20-18)22-21-15(25)11-14-8-3-2-4-9-14/h2-4,8-9,12-13H,5-7,10-11H2,1H3,(H,21,25)(H,19,20,22). The Hall–Kier alpha value is -3.23. The van der Waals surface area contributed by atoms with Crippen LogP contribution in [0.2, 0.25) is 0 Å². The van der Waals surface area contributed by atoms with Gasteiger partial charge in [0.25, 0.3) is 0 Å². The molecular weight excluding hydrogens is 348 g/mol. The third-order valence-corrected chi connectivity index (χ3v) is 4.59. The Morgan fingerprint density at radius 3 is 2.78 bits per heavy atom. The quantitative estimate of drug-likeness (QED) is 0.593. The molecule has 1 saturated heterocycles. The average molecular weight is 370 g/mol. The summed E-state index contributed by atoms with van der Waals surface area (Å²) in [6.45, 7) is 2.73. The van der Waals surface area contributed by atoms with Gasteiger partial charge in [-0.3, -0.25) is 25.8 Å². The van der Waals surface area contributed by atoms with Crippen molar-refractivity contribution in [3.8, 4) is 0 Å². The molecule has 2 N–H and O–H groups in total. The van der Waals surface area contributed by atoms with Gasteiger partial charge in [0.15, 0.2) is 0 Å². The molecule has 9 nitrogen and oxygen atoms in total. The maximum atomic E-state index is 12.1. The number of aromatic nitrogens is 2. The molecule has 1 amide bonds. The Balaban J connectivity index is 1.76. The third kappa shape index (κ3) is 4.49. The van der Waals surface area contributed by atoms with Gasteiger partial charge < -0.3 is 4.90 Å². The van der Waals surface area contributed by atoms with Crippen molar-refractivity contribution in [1.82, 2.24) is 15.4 Å². The molecule has 1 aliphatic heterocycles. The van der Waals surface area contributed by atoms with Gasteiger partial charge in [-0.05, 0) is 31.7 Å². The van der Waals surface area contributed by atoms with Gasteiger partial charge >= 0.3 is 5.69 Å². The predicted molar refractivity (Wildman–Crippen MR) is 101 cm³/mol. The Morgan fingerprint density at radius 1 is 1.30 bits per heavy atom. The van der Waals surface area contributed by atoms with Crippen LogP contribution in [0.25, 0.3) is 0 Å². The van der Waals surface area contributed by atoms with Crippen molar-refractivity contribution in [2.75, 3.05) is 16.9 Å². The normalized spacial score (nSPS) is 16.6. The number of nitrogens with zero attached hydrogens (tertiary/aromatic N) is 4. The average Bonchev–Trinajstić information content (AvgIpc) is 2.67. The molecule has 1 aromatic carbocycles. The summed E-state index contributed by atoms with van der Waals surface area (Å²) < 4.78 is 0. The van der Waals surface area contributed by atoms with E-state index in [-0.39, 0.29) is 35.7 Å². The van der Waals surface area contributed by atoms with Crippen LogP contribution in [0.1, 0.15) is 31.7 Å². The number of hydrogen-bond acceptors (Lipinski definition) is 7. The number of amides is 1. The van der Waals surface area contributed by atoms with Crippen molar-refractivity contribution >= 4 is 23.2 Å². The highest BCUT2D eigenvalue weighted by Crippen LogP contribution is 2.34. The van der Waals surface area contributed by atoms with Crippen LogP contribution >= 0.6 is 0 Å². The molecule has 0 spiro atoms. The van der Waals surface area contributed by atoms with E-state index >= 15 is 0 Å². The molecule has 2 aromatic rings. The minimum Gasteiger partial charge on any atom is -0.348 e. The summed E-state index contributed by atoms with van der Waals surface area (Å²) in [6, 6.07) is 9.39. The number of carbonyl (C=O) groups excluding carboxylic acids is 1. The Bertz CT molecular complexity index is 814. The predicted octanol–water partition coefficient (Wildman–Crippen LogP) is 2.45. The van der Waals surface area contributed by atoms with Crippen molar-refractivity contribution in [3.63, 3.8) is 0 Å².